The van der Waals surface area contributed by atoms with Crippen LogP contribution in [-0.2, 0) is 19.1 Å². The van der Waals surface area contributed by atoms with E-state index in [1.54, 1.807) is 19.1 Å². The Morgan fingerprint density at radius 1 is 1.12 bits per heavy atom. The van der Waals surface area contributed by atoms with Gasteiger partial charge in [-0.1, -0.05) is 6.07 Å². The molecule has 0 saturated heterocycles. The second kappa shape index (κ2) is 12.4. The smallest absolute Gasteiger partial charge is 0.419 e. The Labute approximate surface area is 234 Å². The molecule has 1 fully saturated rings. The maximum absolute atomic E-state index is 13.6. The molecule has 1 aliphatic rings. The molecule has 4 rings (SSSR count). The first-order valence-corrected chi connectivity index (χ1v) is 13.0. The number of hydrogen-bond donors (Lipinski definition) is 3. The van der Waals surface area contributed by atoms with Crippen molar-refractivity contribution in [1.82, 2.24) is 24.8 Å². The number of imide groups is 1. The number of carbonyl (C=O) groups is 5. The fourth-order valence-electron chi connectivity index (χ4n) is 4.11. The molecule has 1 aromatic carbocycles. The molecule has 2 heterocycles. The molecule has 1 saturated carbocycles. The molecule has 14 heteroatoms. The van der Waals surface area contributed by atoms with Crippen LogP contribution in [0, 0.1) is 13.8 Å². The van der Waals surface area contributed by atoms with Crippen LogP contribution in [0.5, 0.6) is 0 Å². The lowest BCUT2D eigenvalue weighted by atomic mass is 10.1. The van der Waals surface area contributed by atoms with Gasteiger partial charge < -0.3 is 25.2 Å². The van der Waals surface area contributed by atoms with Crippen LogP contribution in [0.1, 0.15) is 64.4 Å². The summed E-state index contributed by atoms with van der Waals surface area (Å²) >= 11 is 0. The summed E-state index contributed by atoms with van der Waals surface area (Å²) in [5.74, 6) is -2.44. The topological polar surface area (TPSA) is 182 Å². The van der Waals surface area contributed by atoms with Gasteiger partial charge >= 0.3 is 18.0 Å². The number of anilines is 2. The second-order valence-electron chi connectivity index (χ2n) is 9.43. The van der Waals surface area contributed by atoms with Gasteiger partial charge in [0.1, 0.15) is 11.8 Å². The highest BCUT2D eigenvalue weighted by Gasteiger charge is 2.40. The van der Waals surface area contributed by atoms with Crippen LogP contribution in [-0.4, -0.2) is 73.8 Å². The summed E-state index contributed by atoms with van der Waals surface area (Å²) in [6, 6.07) is 4.88. The minimum absolute atomic E-state index is 0.198. The summed E-state index contributed by atoms with van der Waals surface area (Å²) in [5, 5.41) is 18.9. The molecular weight excluding hydrogens is 536 g/mol. The quantitative estimate of drug-likeness (QED) is 0.229. The fraction of sp³-hybridized carbons (Fsp3) is 0.370. The minimum atomic E-state index is -1.16. The first-order chi connectivity index (χ1) is 19.6. The molecule has 216 valence electrons. The van der Waals surface area contributed by atoms with Crippen LogP contribution >= 0.6 is 0 Å². The summed E-state index contributed by atoms with van der Waals surface area (Å²) in [4.78, 5) is 66.2. The molecule has 0 atom stereocenters. The standard InChI is InChI=1S/C27H30N6O8/c1-4-28-25(37)17-6-5-15(2)20(11-17)31-24-23-16(3)19(12-32(23)30-13-29-24)26(38)33(18-7-8-18)27(39)41-14-40-22(36)10-9-21(34)35/h5-6,11-13,18H,4,7-10,14H2,1-3H3,(H,28,37)(H,34,35)(H,29,30,31). The van der Waals surface area contributed by atoms with Gasteiger partial charge in [0.15, 0.2) is 5.82 Å². The fourth-order valence-corrected chi connectivity index (χ4v) is 4.11. The molecule has 3 amide bonds. The lowest BCUT2D eigenvalue weighted by Crippen LogP contribution is -2.39. The first kappa shape index (κ1) is 29.0. The number of esters is 1. The van der Waals surface area contributed by atoms with Crippen LogP contribution < -0.4 is 10.6 Å². The lowest BCUT2D eigenvalue weighted by Gasteiger charge is -2.19. The van der Waals surface area contributed by atoms with E-state index in [1.165, 1.54) is 17.0 Å². The molecule has 0 spiro atoms. The second-order valence-corrected chi connectivity index (χ2v) is 9.43. The van der Waals surface area contributed by atoms with Crippen LogP contribution in [0.2, 0.25) is 0 Å². The van der Waals surface area contributed by atoms with E-state index in [0.29, 0.717) is 47.5 Å². The van der Waals surface area contributed by atoms with Gasteiger partial charge in [-0.25, -0.2) is 19.2 Å². The molecule has 1 aliphatic carbocycles. The summed E-state index contributed by atoms with van der Waals surface area (Å²) in [6.07, 6.45) is 2.23. The maximum Gasteiger partial charge on any atom is 0.419 e. The van der Waals surface area contributed by atoms with Gasteiger partial charge in [-0.15, -0.1) is 0 Å². The summed E-state index contributed by atoms with van der Waals surface area (Å²) in [7, 11) is 0. The normalized spacial score (nSPS) is 12.5. The van der Waals surface area contributed by atoms with Gasteiger partial charge in [0.05, 0.1) is 18.4 Å². The molecule has 0 bridgehead atoms. The lowest BCUT2D eigenvalue weighted by molar-refractivity contribution is -0.154. The third-order valence-corrected chi connectivity index (χ3v) is 6.42. The summed E-state index contributed by atoms with van der Waals surface area (Å²) in [5.41, 5.74) is 3.18. The van der Waals surface area contributed by atoms with Crippen LogP contribution in [0.25, 0.3) is 5.52 Å². The van der Waals surface area contributed by atoms with E-state index in [9.17, 15) is 24.0 Å². The van der Waals surface area contributed by atoms with Crippen molar-refractivity contribution in [2.24, 2.45) is 0 Å². The van der Waals surface area contributed by atoms with Crippen LogP contribution in [0.4, 0.5) is 16.3 Å². The molecule has 0 aliphatic heterocycles. The predicted molar refractivity (Wildman–Crippen MR) is 144 cm³/mol. The Morgan fingerprint density at radius 2 is 1.88 bits per heavy atom. The van der Waals surface area contributed by atoms with Crippen molar-refractivity contribution < 1.29 is 38.6 Å². The number of hydrogen-bond acceptors (Lipinski definition) is 10. The van der Waals surface area contributed by atoms with E-state index >= 15 is 0 Å². The zero-order chi connectivity index (χ0) is 29.7. The zero-order valence-corrected chi connectivity index (χ0v) is 22.8. The number of aryl methyl sites for hydroxylation is 2. The third kappa shape index (κ3) is 6.77. The van der Waals surface area contributed by atoms with Gasteiger partial charge in [-0.05, 0) is 56.9 Å². The van der Waals surface area contributed by atoms with E-state index in [4.69, 9.17) is 14.6 Å². The monoisotopic (exact) mass is 566 g/mol. The molecule has 2 aromatic heterocycles. The SMILES string of the molecule is CCNC(=O)c1ccc(C)c(Nc2ncnn3cc(C(=O)N(C(=O)OCOC(=O)CCC(=O)O)C4CC4)c(C)c23)c1. The number of carbonyl (C=O) groups excluding carboxylic acids is 4. The number of benzene rings is 1. The molecular formula is C27H30N6O8. The van der Waals surface area contributed by atoms with E-state index in [0.717, 1.165) is 10.5 Å². The largest absolute Gasteiger partial charge is 0.481 e. The Hall–Kier alpha value is -5.01. The zero-order valence-electron chi connectivity index (χ0n) is 22.8. The molecule has 0 unspecified atom stereocenters. The number of rotatable bonds is 11. The number of fused-ring (bicyclic) bond motifs is 1. The Kier molecular flexibility index (Phi) is 8.80. The van der Waals surface area contributed by atoms with E-state index in [1.807, 2.05) is 19.9 Å². The van der Waals surface area contributed by atoms with Crippen molar-refractivity contribution >= 4 is 46.9 Å². The number of aliphatic carboxylic acids is 1. The first-order valence-electron chi connectivity index (χ1n) is 13.0. The highest BCUT2D eigenvalue weighted by molar-refractivity contribution is 6.06. The number of amides is 3. The molecule has 14 nitrogen and oxygen atoms in total. The van der Waals surface area contributed by atoms with Gasteiger partial charge in [0.25, 0.3) is 11.8 Å². The predicted octanol–water partition coefficient (Wildman–Crippen LogP) is 2.95. The number of ether oxygens (including phenoxy) is 2. The molecule has 3 aromatic rings. The highest BCUT2D eigenvalue weighted by atomic mass is 16.7. The summed E-state index contributed by atoms with van der Waals surface area (Å²) in [6.45, 7) is 5.16. The van der Waals surface area contributed by atoms with Crippen molar-refractivity contribution in [3.05, 3.63) is 53.0 Å². The van der Waals surface area contributed by atoms with Crippen molar-refractivity contribution in [1.29, 1.82) is 0 Å². The molecule has 41 heavy (non-hydrogen) atoms. The van der Waals surface area contributed by atoms with Gasteiger partial charge in [0.2, 0.25) is 6.79 Å². The van der Waals surface area contributed by atoms with Crippen LogP contribution in [0.3, 0.4) is 0 Å². The average Bonchev–Trinajstić information content (AvgIpc) is 3.70. The Bertz CT molecular complexity index is 1510. The van der Waals surface area contributed by atoms with Gasteiger partial charge in [-0.3, -0.25) is 19.2 Å². The van der Waals surface area contributed by atoms with Crippen molar-refractivity contribution in [3.63, 3.8) is 0 Å². The van der Waals surface area contributed by atoms with E-state index < -0.39 is 37.2 Å². The van der Waals surface area contributed by atoms with Crippen molar-refractivity contribution in [2.75, 3.05) is 18.7 Å². The number of nitrogens with zero attached hydrogens (tertiary/aromatic N) is 4. The molecule has 0 radical (unpaired) electrons. The number of aromatic nitrogens is 3. The minimum Gasteiger partial charge on any atom is -0.481 e. The van der Waals surface area contributed by atoms with Crippen LogP contribution in [0.15, 0.2) is 30.7 Å². The number of carboxylic acid groups (broad SMARTS) is 1. The van der Waals surface area contributed by atoms with Gasteiger partial charge in [-0.2, -0.15) is 5.10 Å². The summed E-state index contributed by atoms with van der Waals surface area (Å²) < 4.78 is 11.2. The third-order valence-electron chi connectivity index (χ3n) is 6.42. The average molecular weight is 567 g/mol. The number of carboxylic acids is 1. The van der Waals surface area contributed by atoms with Crippen molar-refractivity contribution in [3.8, 4) is 0 Å². The van der Waals surface area contributed by atoms with Gasteiger partial charge in [0, 0.05) is 30.0 Å². The van der Waals surface area contributed by atoms with E-state index in [2.05, 4.69) is 20.7 Å². The Morgan fingerprint density at radius 3 is 2.56 bits per heavy atom. The maximum atomic E-state index is 13.6. The highest BCUT2D eigenvalue weighted by Crippen LogP contribution is 2.32. The number of nitrogens with one attached hydrogen (secondary N) is 2. The van der Waals surface area contributed by atoms with E-state index in [-0.39, 0.29) is 23.9 Å². The van der Waals surface area contributed by atoms with Crippen molar-refractivity contribution in [2.45, 2.75) is 52.5 Å². The Balaban J connectivity index is 1.54. The molecule has 3 N–H and O–H groups in total.